The summed E-state index contributed by atoms with van der Waals surface area (Å²) in [6.07, 6.45) is 3.76. The molecule has 4 heteroatoms. The molecule has 1 unspecified atom stereocenters. The summed E-state index contributed by atoms with van der Waals surface area (Å²) in [5.41, 5.74) is 9.51. The number of anilines is 1. The predicted molar refractivity (Wildman–Crippen MR) is 90.9 cm³/mol. The van der Waals surface area contributed by atoms with E-state index in [0.29, 0.717) is 12.0 Å². The second-order valence-corrected chi connectivity index (χ2v) is 6.03. The van der Waals surface area contributed by atoms with Crippen molar-refractivity contribution >= 4 is 11.6 Å². The summed E-state index contributed by atoms with van der Waals surface area (Å²) in [7, 11) is 0. The molecule has 4 nitrogen and oxygen atoms in total. The van der Waals surface area contributed by atoms with E-state index in [1.54, 1.807) is 0 Å². The number of benzene rings is 1. The maximum Gasteiger partial charge on any atom is 0.193 e. The quantitative estimate of drug-likeness (QED) is 0.647. The highest BCUT2D eigenvalue weighted by molar-refractivity contribution is 5.92. The van der Waals surface area contributed by atoms with Gasteiger partial charge in [0.15, 0.2) is 5.96 Å². The van der Waals surface area contributed by atoms with Crippen LogP contribution in [0.5, 0.6) is 0 Å². The first-order valence-electron chi connectivity index (χ1n) is 7.97. The van der Waals surface area contributed by atoms with Crippen LogP contribution < -0.4 is 11.1 Å². The zero-order valence-corrected chi connectivity index (χ0v) is 13.5. The number of aliphatic imine (C=N–C) groups is 1. The average molecular weight is 288 g/mol. The third-order valence-corrected chi connectivity index (χ3v) is 4.09. The van der Waals surface area contributed by atoms with Crippen molar-refractivity contribution < 1.29 is 0 Å². The fourth-order valence-corrected chi connectivity index (χ4v) is 3.05. The SMILES string of the molecule is CCC(CN=C(N)Nc1cc(C)cc(C)c1)N1CCCC1. The fraction of sp³-hybridized carbons (Fsp3) is 0.588. The van der Waals surface area contributed by atoms with Gasteiger partial charge in [0.1, 0.15) is 0 Å². The normalized spacial score (nSPS) is 18.0. The molecule has 1 aromatic rings. The van der Waals surface area contributed by atoms with Crippen molar-refractivity contribution in [2.75, 3.05) is 25.0 Å². The Balaban J connectivity index is 1.93. The van der Waals surface area contributed by atoms with Gasteiger partial charge in [-0.2, -0.15) is 0 Å². The van der Waals surface area contributed by atoms with Gasteiger partial charge in [-0.05, 0) is 69.5 Å². The molecule has 2 rings (SSSR count). The lowest BCUT2D eigenvalue weighted by Gasteiger charge is -2.24. The highest BCUT2D eigenvalue weighted by atomic mass is 15.2. The molecule has 0 amide bonds. The first-order chi connectivity index (χ1) is 10.1. The Hall–Kier alpha value is -1.55. The van der Waals surface area contributed by atoms with E-state index in [-0.39, 0.29) is 0 Å². The van der Waals surface area contributed by atoms with E-state index in [4.69, 9.17) is 5.73 Å². The Morgan fingerprint density at radius 3 is 2.43 bits per heavy atom. The summed E-state index contributed by atoms with van der Waals surface area (Å²) >= 11 is 0. The van der Waals surface area contributed by atoms with Crippen molar-refractivity contribution in [3.05, 3.63) is 29.3 Å². The van der Waals surface area contributed by atoms with Gasteiger partial charge >= 0.3 is 0 Å². The summed E-state index contributed by atoms with van der Waals surface area (Å²) in [5, 5.41) is 3.20. The standard InChI is InChI=1S/C17H28N4/c1-4-16(21-7-5-6-8-21)12-19-17(18)20-15-10-13(2)9-14(3)11-15/h9-11,16H,4-8,12H2,1-3H3,(H3,18,19,20). The third kappa shape index (κ3) is 4.74. The van der Waals surface area contributed by atoms with Crippen LogP contribution in [-0.2, 0) is 0 Å². The zero-order valence-electron chi connectivity index (χ0n) is 13.5. The van der Waals surface area contributed by atoms with Crippen molar-refractivity contribution in [1.82, 2.24) is 4.90 Å². The summed E-state index contributed by atoms with van der Waals surface area (Å²) in [6.45, 7) is 9.60. The van der Waals surface area contributed by atoms with Crippen LogP contribution in [0.2, 0.25) is 0 Å². The molecule has 116 valence electrons. The van der Waals surface area contributed by atoms with E-state index < -0.39 is 0 Å². The summed E-state index contributed by atoms with van der Waals surface area (Å²) in [5.74, 6) is 0.512. The van der Waals surface area contributed by atoms with E-state index >= 15 is 0 Å². The van der Waals surface area contributed by atoms with Crippen LogP contribution in [0.25, 0.3) is 0 Å². The van der Waals surface area contributed by atoms with E-state index in [2.05, 4.69) is 54.2 Å². The van der Waals surface area contributed by atoms with Gasteiger partial charge in [0.2, 0.25) is 0 Å². The van der Waals surface area contributed by atoms with Crippen molar-refractivity contribution in [2.45, 2.75) is 46.1 Å². The average Bonchev–Trinajstić information content (AvgIpc) is 2.92. The molecule has 3 N–H and O–H groups in total. The summed E-state index contributed by atoms with van der Waals surface area (Å²) < 4.78 is 0. The second-order valence-electron chi connectivity index (χ2n) is 6.03. The highest BCUT2D eigenvalue weighted by Gasteiger charge is 2.19. The maximum absolute atomic E-state index is 6.03. The lowest BCUT2D eigenvalue weighted by atomic mass is 10.1. The molecule has 0 aromatic heterocycles. The molecule has 1 aliphatic heterocycles. The van der Waals surface area contributed by atoms with Crippen molar-refractivity contribution in [1.29, 1.82) is 0 Å². The zero-order chi connectivity index (χ0) is 15.2. The number of aryl methyl sites for hydroxylation is 2. The number of nitrogens with one attached hydrogen (secondary N) is 1. The molecule has 0 bridgehead atoms. The molecule has 1 aliphatic rings. The largest absolute Gasteiger partial charge is 0.370 e. The van der Waals surface area contributed by atoms with Gasteiger partial charge in [0.05, 0.1) is 6.54 Å². The smallest absolute Gasteiger partial charge is 0.193 e. The number of nitrogens with two attached hydrogens (primary N) is 1. The van der Waals surface area contributed by atoms with Gasteiger partial charge < -0.3 is 11.1 Å². The Morgan fingerprint density at radius 1 is 1.24 bits per heavy atom. The highest BCUT2D eigenvalue weighted by Crippen LogP contribution is 2.15. The lowest BCUT2D eigenvalue weighted by molar-refractivity contribution is 0.242. The van der Waals surface area contributed by atoms with Crippen LogP contribution in [0.4, 0.5) is 5.69 Å². The van der Waals surface area contributed by atoms with Gasteiger partial charge in [-0.1, -0.05) is 13.0 Å². The molecule has 1 heterocycles. The lowest BCUT2D eigenvalue weighted by Crippen LogP contribution is -2.35. The van der Waals surface area contributed by atoms with Crippen LogP contribution in [0.15, 0.2) is 23.2 Å². The first-order valence-corrected chi connectivity index (χ1v) is 7.97. The molecular weight excluding hydrogens is 260 g/mol. The van der Waals surface area contributed by atoms with E-state index in [0.717, 1.165) is 18.7 Å². The van der Waals surface area contributed by atoms with Crippen LogP contribution in [0.3, 0.4) is 0 Å². The molecule has 1 fully saturated rings. The Kier molecular flexibility index (Phi) is 5.62. The van der Waals surface area contributed by atoms with Crippen LogP contribution >= 0.6 is 0 Å². The van der Waals surface area contributed by atoms with Crippen LogP contribution in [-0.4, -0.2) is 36.5 Å². The number of hydrogen-bond acceptors (Lipinski definition) is 2. The molecular formula is C17H28N4. The fourth-order valence-electron chi connectivity index (χ4n) is 3.05. The van der Waals surface area contributed by atoms with Gasteiger partial charge in [-0.3, -0.25) is 9.89 Å². The Labute approximate surface area is 128 Å². The molecule has 1 saturated heterocycles. The van der Waals surface area contributed by atoms with Gasteiger partial charge in [0.25, 0.3) is 0 Å². The minimum absolute atomic E-state index is 0.512. The molecule has 0 saturated carbocycles. The van der Waals surface area contributed by atoms with Gasteiger partial charge in [-0.15, -0.1) is 0 Å². The number of guanidine groups is 1. The van der Waals surface area contributed by atoms with Gasteiger partial charge in [0, 0.05) is 11.7 Å². The monoisotopic (exact) mass is 288 g/mol. The minimum Gasteiger partial charge on any atom is -0.370 e. The Morgan fingerprint density at radius 2 is 1.86 bits per heavy atom. The Bertz CT molecular complexity index is 469. The molecule has 0 aliphatic carbocycles. The van der Waals surface area contributed by atoms with Crippen molar-refractivity contribution in [3.8, 4) is 0 Å². The summed E-state index contributed by atoms with van der Waals surface area (Å²) in [4.78, 5) is 7.07. The molecule has 21 heavy (non-hydrogen) atoms. The maximum atomic E-state index is 6.03. The van der Waals surface area contributed by atoms with E-state index in [9.17, 15) is 0 Å². The predicted octanol–water partition coefficient (Wildman–Crippen LogP) is 2.90. The van der Waals surface area contributed by atoms with Crippen molar-refractivity contribution in [2.24, 2.45) is 10.7 Å². The van der Waals surface area contributed by atoms with Crippen molar-refractivity contribution in [3.63, 3.8) is 0 Å². The second kappa shape index (κ2) is 7.46. The first kappa shape index (κ1) is 15.8. The number of rotatable bonds is 5. The summed E-state index contributed by atoms with van der Waals surface area (Å²) in [6, 6.07) is 6.85. The van der Waals surface area contributed by atoms with Crippen LogP contribution in [0.1, 0.15) is 37.3 Å². The number of likely N-dealkylation sites (tertiary alicyclic amines) is 1. The minimum atomic E-state index is 0.512. The number of nitrogens with zero attached hydrogens (tertiary/aromatic N) is 2. The van der Waals surface area contributed by atoms with E-state index in [1.807, 2.05) is 0 Å². The van der Waals surface area contributed by atoms with Crippen LogP contribution in [0, 0.1) is 13.8 Å². The molecule has 1 atom stereocenters. The molecule has 0 radical (unpaired) electrons. The molecule has 0 spiro atoms. The van der Waals surface area contributed by atoms with E-state index in [1.165, 1.54) is 37.1 Å². The third-order valence-electron chi connectivity index (χ3n) is 4.09. The van der Waals surface area contributed by atoms with Gasteiger partial charge in [-0.25, -0.2) is 0 Å². The number of hydrogen-bond donors (Lipinski definition) is 2. The molecule has 1 aromatic carbocycles. The topological polar surface area (TPSA) is 53.6 Å².